The summed E-state index contributed by atoms with van der Waals surface area (Å²) in [5, 5.41) is 11.2. The van der Waals surface area contributed by atoms with Crippen LogP contribution in [0.3, 0.4) is 0 Å². The van der Waals surface area contributed by atoms with Gasteiger partial charge in [0.2, 0.25) is 0 Å². The highest BCUT2D eigenvalue weighted by Gasteiger charge is 2.25. The van der Waals surface area contributed by atoms with Gasteiger partial charge in [0, 0.05) is 24.2 Å². The quantitative estimate of drug-likeness (QED) is 0.313. The van der Waals surface area contributed by atoms with E-state index >= 15 is 0 Å². The largest absolute Gasteiger partial charge is 0.409 e. The number of amidine groups is 1. The van der Waals surface area contributed by atoms with Gasteiger partial charge in [0.05, 0.1) is 6.33 Å². The first-order valence-corrected chi connectivity index (χ1v) is 4.74. The van der Waals surface area contributed by atoms with Gasteiger partial charge in [0.15, 0.2) is 0 Å². The number of oxime groups is 1. The maximum Gasteiger partial charge on any atom is 0.257 e. The molecule has 0 saturated heterocycles. The Bertz CT molecular complexity index is 448. The molecule has 15 heavy (non-hydrogen) atoms. The number of nitrogens with two attached hydrogens (primary N) is 1. The molecule has 1 aliphatic carbocycles. The van der Waals surface area contributed by atoms with Gasteiger partial charge >= 0.3 is 0 Å². The second kappa shape index (κ2) is 3.72. The number of hydrogen-bond donors (Lipinski definition) is 2. The van der Waals surface area contributed by atoms with E-state index in [-0.39, 0.29) is 23.9 Å². The first-order valence-electron chi connectivity index (χ1n) is 4.74. The molecule has 0 atom stereocenters. The summed E-state index contributed by atoms with van der Waals surface area (Å²) in [5.74, 6) is 0.0162. The Morgan fingerprint density at radius 1 is 1.73 bits per heavy atom. The van der Waals surface area contributed by atoms with Crippen LogP contribution in [0.15, 0.2) is 22.5 Å². The minimum absolute atomic E-state index is 0.0162. The van der Waals surface area contributed by atoms with Crippen molar-refractivity contribution in [2.75, 3.05) is 0 Å². The zero-order valence-electron chi connectivity index (χ0n) is 8.13. The average Bonchev–Trinajstić information content (AvgIpc) is 3.04. The van der Waals surface area contributed by atoms with Crippen molar-refractivity contribution in [3.8, 4) is 0 Å². The van der Waals surface area contributed by atoms with Gasteiger partial charge in [0.25, 0.3) is 5.56 Å². The summed E-state index contributed by atoms with van der Waals surface area (Å²) in [6.45, 7) is 0. The fourth-order valence-corrected chi connectivity index (χ4v) is 1.43. The summed E-state index contributed by atoms with van der Waals surface area (Å²) in [6, 6.07) is 0.289. The molecule has 0 unspecified atom stereocenters. The van der Waals surface area contributed by atoms with Crippen LogP contribution in [-0.2, 0) is 6.42 Å². The van der Waals surface area contributed by atoms with E-state index in [9.17, 15) is 4.79 Å². The van der Waals surface area contributed by atoms with Crippen LogP contribution in [0.25, 0.3) is 0 Å². The molecular formula is C9H12N4O2. The monoisotopic (exact) mass is 208 g/mol. The molecule has 0 aliphatic heterocycles. The normalized spacial score (nSPS) is 16.7. The van der Waals surface area contributed by atoms with Gasteiger partial charge < -0.3 is 10.9 Å². The maximum absolute atomic E-state index is 11.8. The van der Waals surface area contributed by atoms with Crippen molar-refractivity contribution in [2.45, 2.75) is 25.3 Å². The Kier molecular flexibility index (Phi) is 2.40. The highest BCUT2D eigenvalue weighted by Crippen LogP contribution is 2.32. The Balaban J connectivity index is 2.31. The third-order valence-electron chi connectivity index (χ3n) is 2.37. The third-order valence-corrected chi connectivity index (χ3v) is 2.37. The van der Waals surface area contributed by atoms with Gasteiger partial charge in [-0.3, -0.25) is 9.36 Å². The summed E-state index contributed by atoms with van der Waals surface area (Å²) in [5.41, 5.74) is 5.70. The molecule has 1 aromatic heterocycles. The van der Waals surface area contributed by atoms with Gasteiger partial charge in [-0.25, -0.2) is 4.98 Å². The van der Waals surface area contributed by atoms with Gasteiger partial charge in [-0.2, -0.15) is 0 Å². The number of nitrogens with zero attached hydrogens (tertiary/aromatic N) is 3. The maximum atomic E-state index is 11.8. The Labute approximate surface area is 86.0 Å². The molecule has 0 amide bonds. The summed E-state index contributed by atoms with van der Waals surface area (Å²) >= 11 is 0. The lowest BCUT2D eigenvalue weighted by Crippen LogP contribution is -2.27. The Morgan fingerprint density at radius 3 is 3.07 bits per heavy atom. The van der Waals surface area contributed by atoms with Crippen molar-refractivity contribution in [3.05, 3.63) is 28.4 Å². The van der Waals surface area contributed by atoms with E-state index in [1.54, 1.807) is 4.57 Å². The molecule has 0 aromatic carbocycles. The van der Waals surface area contributed by atoms with Crippen molar-refractivity contribution in [1.29, 1.82) is 0 Å². The zero-order valence-corrected chi connectivity index (χ0v) is 8.13. The highest BCUT2D eigenvalue weighted by atomic mass is 16.4. The molecule has 1 heterocycles. The predicted molar refractivity (Wildman–Crippen MR) is 53.9 cm³/mol. The SMILES string of the molecule is N/C(Cc1cncn(C2CC2)c1=O)=N\O. The van der Waals surface area contributed by atoms with Crippen LogP contribution in [0.4, 0.5) is 0 Å². The van der Waals surface area contributed by atoms with E-state index < -0.39 is 0 Å². The Morgan fingerprint density at radius 2 is 2.47 bits per heavy atom. The molecule has 2 rings (SSSR count). The molecule has 1 fully saturated rings. The van der Waals surface area contributed by atoms with Crippen LogP contribution in [0, 0.1) is 0 Å². The fraction of sp³-hybridized carbons (Fsp3) is 0.444. The molecule has 0 radical (unpaired) electrons. The Hall–Kier alpha value is -1.85. The number of rotatable bonds is 3. The molecule has 3 N–H and O–H groups in total. The predicted octanol–water partition coefficient (Wildman–Crippen LogP) is -0.133. The molecule has 6 heteroatoms. The second-order valence-electron chi connectivity index (χ2n) is 3.63. The van der Waals surface area contributed by atoms with Gasteiger partial charge in [-0.05, 0) is 12.8 Å². The zero-order chi connectivity index (χ0) is 10.8. The van der Waals surface area contributed by atoms with Crippen LogP contribution in [0.1, 0.15) is 24.4 Å². The molecule has 0 bridgehead atoms. The highest BCUT2D eigenvalue weighted by molar-refractivity contribution is 5.81. The number of aromatic nitrogens is 2. The van der Waals surface area contributed by atoms with E-state index in [0.29, 0.717) is 5.56 Å². The van der Waals surface area contributed by atoms with E-state index in [1.807, 2.05) is 0 Å². The summed E-state index contributed by atoms with van der Waals surface area (Å²) in [4.78, 5) is 15.8. The summed E-state index contributed by atoms with van der Waals surface area (Å²) < 4.78 is 1.61. The van der Waals surface area contributed by atoms with Crippen molar-refractivity contribution in [3.63, 3.8) is 0 Å². The minimum atomic E-state index is -0.0981. The van der Waals surface area contributed by atoms with Crippen LogP contribution in [-0.4, -0.2) is 20.6 Å². The van der Waals surface area contributed by atoms with Gasteiger partial charge in [-0.15, -0.1) is 0 Å². The topological polar surface area (TPSA) is 93.5 Å². The third kappa shape index (κ3) is 1.98. The minimum Gasteiger partial charge on any atom is -0.409 e. The second-order valence-corrected chi connectivity index (χ2v) is 3.63. The number of hydrogen-bond acceptors (Lipinski definition) is 4. The van der Waals surface area contributed by atoms with Crippen LogP contribution in [0.2, 0.25) is 0 Å². The average molecular weight is 208 g/mol. The fourth-order valence-electron chi connectivity index (χ4n) is 1.43. The van der Waals surface area contributed by atoms with E-state index in [0.717, 1.165) is 12.8 Å². The summed E-state index contributed by atoms with van der Waals surface area (Å²) in [6.07, 6.45) is 5.17. The molecular weight excluding hydrogens is 196 g/mol. The molecule has 1 saturated carbocycles. The van der Waals surface area contributed by atoms with Crippen LogP contribution < -0.4 is 11.3 Å². The summed E-state index contributed by atoms with van der Waals surface area (Å²) in [7, 11) is 0. The first kappa shape index (κ1) is 9.70. The smallest absolute Gasteiger partial charge is 0.257 e. The lowest BCUT2D eigenvalue weighted by molar-refractivity contribution is 0.317. The van der Waals surface area contributed by atoms with E-state index in [2.05, 4.69) is 10.1 Å². The molecule has 6 nitrogen and oxygen atoms in total. The van der Waals surface area contributed by atoms with Gasteiger partial charge in [0.1, 0.15) is 5.84 Å². The standard InChI is InChI=1S/C9H12N4O2/c10-8(12-15)3-6-4-11-5-13(9(6)14)7-1-2-7/h4-5,7,15H,1-3H2,(H2,10,12). The van der Waals surface area contributed by atoms with E-state index in [1.165, 1.54) is 12.5 Å². The molecule has 80 valence electrons. The van der Waals surface area contributed by atoms with Gasteiger partial charge in [-0.1, -0.05) is 5.16 Å². The van der Waals surface area contributed by atoms with E-state index in [4.69, 9.17) is 10.9 Å². The molecule has 1 aliphatic rings. The molecule has 0 spiro atoms. The van der Waals surface area contributed by atoms with Crippen LogP contribution >= 0.6 is 0 Å². The lowest BCUT2D eigenvalue weighted by atomic mass is 10.2. The lowest BCUT2D eigenvalue weighted by Gasteiger charge is -2.04. The van der Waals surface area contributed by atoms with Crippen LogP contribution in [0.5, 0.6) is 0 Å². The van der Waals surface area contributed by atoms with Crippen molar-refractivity contribution in [1.82, 2.24) is 9.55 Å². The first-order chi connectivity index (χ1) is 7.22. The molecule has 1 aromatic rings. The van der Waals surface area contributed by atoms with Crippen molar-refractivity contribution >= 4 is 5.84 Å². The van der Waals surface area contributed by atoms with Crippen molar-refractivity contribution in [2.24, 2.45) is 10.9 Å². The van der Waals surface area contributed by atoms with Crippen molar-refractivity contribution < 1.29 is 5.21 Å².